The summed E-state index contributed by atoms with van der Waals surface area (Å²) in [5.41, 5.74) is 0. The van der Waals surface area contributed by atoms with Gasteiger partial charge in [-0.3, -0.25) is 9.59 Å². The molecule has 0 heterocycles. The molecular weight excluding hydrogens is 304 g/mol. The lowest BCUT2D eigenvalue weighted by Crippen LogP contribution is -2.03. The van der Waals surface area contributed by atoms with Gasteiger partial charge in [-0.2, -0.15) is 0 Å². The molecule has 0 aromatic heterocycles. The van der Waals surface area contributed by atoms with E-state index in [4.69, 9.17) is 9.47 Å². The first kappa shape index (κ1) is 22.7. The molecule has 0 aliphatic rings. The zero-order valence-electron chi connectivity index (χ0n) is 15.7. The molecule has 4 nitrogen and oxygen atoms in total. The van der Waals surface area contributed by atoms with Crippen LogP contribution in [-0.4, -0.2) is 25.2 Å². The molecule has 0 unspecified atom stereocenters. The minimum atomic E-state index is -0.143. The molecule has 0 aliphatic heterocycles. The monoisotopic (exact) mass is 340 g/mol. The maximum atomic E-state index is 11.2. The number of allylic oxidation sites excluding steroid dienone is 1. The van der Waals surface area contributed by atoms with Crippen molar-refractivity contribution in [1.82, 2.24) is 0 Å². The first-order chi connectivity index (χ1) is 11.7. The van der Waals surface area contributed by atoms with Crippen LogP contribution in [0.25, 0.3) is 0 Å². The Balaban J connectivity index is 3.19. The molecule has 0 aromatic carbocycles. The normalized spacial score (nSPS) is 10.9. The first-order valence-electron chi connectivity index (χ1n) is 9.66. The summed E-state index contributed by atoms with van der Waals surface area (Å²) in [4.78, 5) is 22.3. The third kappa shape index (κ3) is 17.0. The molecule has 0 radical (unpaired) electrons. The predicted molar refractivity (Wildman–Crippen MR) is 97.8 cm³/mol. The van der Waals surface area contributed by atoms with E-state index in [0.29, 0.717) is 26.1 Å². The predicted octanol–water partition coefficient (Wildman–Crippen LogP) is 5.35. The van der Waals surface area contributed by atoms with Gasteiger partial charge in [-0.1, -0.05) is 57.1 Å². The lowest BCUT2D eigenvalue weighted by Gasteiger charge is -2.03. The lowest BCUT2D eigenvalue weighted by atomic mass is 10.1. The largest absolute Gasteiger partial charge is 0.466 e. The average molecular weight is 341 g/mol. The topological polar surface area (TPSA) is 52.6 Å². The highest BCUT2D eigenvalue weighted by Gasteiger charge is 2.00. The van der Waals surface area contributed by atoms with E-state index in [0.717, 1.165) is 19.3 Å². The van der Waals surface area contributed by atoms with E-state index >= 15 is 0 Å². The Hall–Kier alpha value is -1.32. The molecule has 0 saturated carbocycles. The van der Waals surface area contributed by atoms with Gasteiger partial charge in [0.2, 0.25) is 0 Å². The Morgan fingerprint density at radius 3 is 1.75 bits per heavy atom. The van der Waals surface area contributed by atoms with E-state index in [-0.39, 0.29) is 11.9 Å². The summed E-state index contributed by atoms with van der Waals surface area (Å²) in [6, 6.07) is 0. The van der Waals surface area contributed by atoms with Crippen LogP contribution >= 0.6 is 0 Å². The number of esters is 2. The van der Waals surface area contributed by atoms with Gasteiger partial charge in [-0.15, -0.1) is 0 Å². The molecule has 0 saturated heterocycles. The lowest BCUT2D eigenvalue weighted by molar-refractivity contribution is -0.143. The van der Waals surface area contributed by atoms with Crippen LogP contribution < -0.4 is 0 Å². The summed E-state index contributed by atoms with van der Waals surface area (Å²) >= 11 is 0. The Labute approximate surface area is 148 Å². The molecule has 0 rings (SSSR count). The van der Waals surface area contributed by atoms with Crippen LogP contribution in [0.4, 0.5) is 0 Å². The number of unbranched alkanes of at least 4 members (excludes halogenated alkanes) is 9. The van der Waals surface area contributed by atoms with Crippen LogP contribution in [0.5, 0.6) is 0 Å². The molecule has 24 heavy (non-hydrogen) atoms. The number of rotatable bonds is 16. The third-order valence-corrected chi connectivity index (χ3v) is 3.81. The van der Waals surface area contributed by atoms with E-state index in [2.05, 4.69) is 6.08 Å². The van der Waals surface area contributed by atoms with Gasteiger partial charge in [0.05, 0.1) is 19.6 Å². The van der Waals surface area contributed by atoms with Gasteiger partial charge in [-0.25, -0.2) is 0 Å². The second-order valence-electron chi connectivity index (χ2n) is 6.01. The van der Waals surface area contributed by atoms with Crippen molar-refractivity contribution >= 4 is 11.9 Å². The molecule has 0 bridgehead atoms. The summed E-state index contributed by atoms with van der Waals surface area (Å²) in [5, 5.41) is 0. The maximum absolute atomic E-state index is 11.2. The van der Waals surface area contributed by atoms with Crippen LogP contribution in [0.3, 0.4) is 0 Å². The van der Waals surface area contributed by atoms with Gasteiger partial charge in [-0.05, 0) is 33.1 Å². The molecule has 4 heteroatoms. The molecule has 0 atom stereocenters. The minimum absolute atomic E-state index is 0.0613. The second kappa shape index (κ2) is 18.0. The fourth-order valence-corrected chi connectivity index (χ4v) is 2.52. The molecule has 0 aliphatic carbocycles. The number of hydrogen-bond donors (Lipinski definition) is 0. The van der Waals surface area contributed by atoms with E-state index in [1.54, 1.807) is 0 Å². The highest BCUT2D eigenvalue weighted by Crippen LogP contribution is 2.11. The maximum Gasteiger partial charge on any atom is 0.309 e. The SMILES string of the molecule is CCOC(=O)C/C=C/CCCCCCCCCCCC(=O)OCC. The summed E-state index contributed by atoms with van der Waals surface area (Å²) in [7, 11) is 0. The third-order valence-electron chi connectivity index (χ3n) is 3.81. The number of hydrogen-bond acceptors (Lipinski definition) is 4. The average Bonchev–Trinajstić information content (AvgIpc) is 2.55. The van der Waals surface area contributed by atoms with Crippen LogP contribution in [0.15, 0.2) is 12.2 Å². The zero-order chi connectivity index (χ0) is 17.9. The highest BCUT2D eigenvalue weighted by atomic mass is 16.5. The zero-order valence-corrected chi connectivity index (χ0v) is 15.7. The standard InChI is InChI=1S/C20H36O4/c1-3-23-19(21)17-15-13-11-9-7-5-6-8-10-12-14-16-18-20(22)24-4-2/h13,15H,3-12,14,16-18H2,1-2H3/b15-13+. The molecule has 0 aromatic rings. The van der Waals surface area contributed by atoms with Crippen LogP contribution in [-0.2, 0) is 19.1 Å². The molecule has 0 fully saturated rings. The summed E-state index contributed by atoms with van der Waals surface area (Å²) < 4.78 is 9.76. The van der Waals surface area contributed by atoms with Crippen molar-refractivity contribution < 1.29 is 19.1 Å². The van der Waals surface area contributed by atoms with E-state index in [1.807, 2.05) is 19.9 Å². The highest BCUT2D eigenvalue weighted by molar-refractivity contribution is 5.71. The fourth-order valence-electron chi connectivity index (χ4n) is 2.52. The van der Waals surface area contributed by atoms with Crippen LogP contribution in [0, 0.1) is 0 Å². The minimum Gasteiger partial charge on any atom is -0.466 e. The number of carbonyl (C=O) groups is 2. The van der Waals surface area contributed by atoms with E-state index in [1.165, 1.54) is 44.9 Å². The number of carbonyl (C=O) groups excluding carboxylic acids is 2. The van der Waals surface area contributed by atoms with Crippen molar-refractivity contribution in [3.63, 3.8) is 0 Å². The van der Waals surface area contributed by atoms with Crippen LogP contribution in [0.1, 0.15) is 90.9 Å². The number of ether oxygens (including phenoxy) is 2. The summed E-state index contributed by atoms with van der Waals surface area (Å²) in [6.07, 6.45) is 16.9. The van der Waals surface area contributed by atoms with Crippen molar-refractivity contribution in [1.29, 1.82) is 0 Å². The van der Waals surface area contributed by atoms with Crippen molar-refractivity contribution in [2.75, 3.05) is 13.2 Å². The van der Waals surface area contributed by atoms with Gasteiger partial charge in [0.15, 0.2) is 0 Å². The molecular formula is C20H36O4. The molecule has 0 N–H and O–H groups in total. The van der Waals surface area contributed by atoms with E-state index < -0.39 is 0 Å². The molecule has 140 valence electrons. The van der Waals surface area contributed by atoms with Crippen molar-refractivity contribution in [2.24, 2.45) is 0 Å². The molecule has 0 amide bonds. The summed E-state index contributed by atoms with van der Waals surface area (Å²) in [6.45, 7) is 4.61. The van der Waals surface area contributed by atoms with Crippen molar-refractivity contribution in [3.05, 3.63) is 12.2 Å². The van der Waals surface area contributed by atoms with Gasteiger partial charge >= 0.3 is 11.9 Å². The van der Waals surface area contributed by atoms with E-state index in [9.17, 15) is 9.59 Å². The van der Waals surface area contributed by atoms with Gasteiger partial charge in [0, 0.05) is 6.42 Å². The second-order valence-corrected chi connectivity index (χ2v) is 6.01. The quantitative estimate of drug-likeness (QED) is 0.216. The molecule has 0 spiro atoms. The Kier molecular flexibility index (Phi) is 17.0. The van der Waals surface area contributed by atoms with Crippen molar-refractivity contribution in [3.8, 4) is 0 Å². The van der Waals surface area contributed by atoms with Gasteiger partial charge in [0.1, 0.15) is 0 Å². The Bertz CT molecular complexity index is 337. The van der Waals surface area contributed by atoms with Crippen LogP contribution in [0.2, 0.25) is 0 Å². The summed E-state index contributed by atoms with van der Waals surface area (Å²) in [5.74, 6) is -0.204. The smallest absolute Gasteiger partial charge is 0.309 e. The van der Waals surface area contributed by atoms with Crippen molar-refractivity contribution in [2.45, 2.75) is 90.9 Å². The van der Waals surface area contributed by atoms with Gasteiger partial charge < -0.3 is 9.47 Å². The fraction of sp³-hybridized carbons (Fsp3) is 0.800. The Morgan fingerprint density at radius 1 is 0.667 bits per heavy atom. The Morgan fingerprint density at radius 2 is 1.17 bits per heavy atom. The van der Waals surface area contributed by atoms with Gasteiger partial charge in [0.25, 0.3) is 0 Å². The first-order valence-corrected chi connectivity index (χ1v) is 9.66.